The van der Waals surface area contributed by atoms with Crippen molar-refractivity contribution in [1.82, 2.24) is 4.90 Å². The molecule has 1 unspecified atom stereocenters. The zero-order valence-electron chi connectivity index (χ0n) is 7.13. The molecular weight excluding hydrogens is 160 g/mol. The van der Waals surface area contributed by atoms with E-state index in [1.54, 1.807) is 0 Å². The molecule has 0 aromatic rings. The predicted octanol–water partition coefficient (Wildman–Crippen LogP) is 2.21. The zero-order chi connectivity index (χ0) is 8.43. The smallest absolute Gasteiger partial charge is 0.198 e. The van der Waals surface area contributed by atoms with Crippen LogP contribution < -0.4 is 0 Å². The largest absolute Gasteiger partial charge is 0.344 e. The minimum absolute atomic E-state index is 0.370. The normalized spacial score (nSPS) is 24.7. The number of halogens is 1. The molecule has 0 bridgehead atoms. The summed E-state index contributed by atoms with van der Waals surface area (Å²) >= 11 is 5.87. The summed E-state index contributed by atoms with van der Waals surface area (Å²) in [5.74, 6) is 0. The van der Waals surface area contributed by atoms with Gasteiger partial charge in [-0.15, -0.1) is 0 Å². The fraction of sp³-hybridized carbons (Fsp3) is 0.625. The van der Waals surface area contributed by atoms with Crippen molar-refractivity contribution in [1.29, 1.82) is 0 Å². The quantitative estimate of drug-likeness (QED) is 0.554. The third-order valence-corrected chi connectivity index (χ3v) is 2.28. The Morgan fingerprint density at radius 3 is 2.82 bits per heavy atom. The Labute approximate surface area is 72.6 Å². The van der Waals surface area contributed by atoms with Crippen molar-refractivity contribution in [2.24, 2.45) is 4.99 Å². The van der Waals surface area contributed by atoms with E-state index in [0.29, 0.717) is 11.3 Å². The molecule has 0 aliphatic carbocycles. The Balaban J connectivity index is 2.82. The Morgan fingerprint density at radius 1 is 1.73 bits per heavy atom. The van der Waals surface area contributed by atoms with E-state index in [0.717, 1.165) is 12.1 Å². The summed E-state index contributed by atoms with van der Waals surface area (Å²) in [7, 11) is 1.94. The minimum Gasteiger partial charge on any atom is -0.344 e. The van der Waals surface area contributed by atoms with Crippen molar-refractivity contribution in [3.8, 4) is 0 Å². The van der Waals surface area contributed by atoms with E-state index in [2.05, 4.69) is 24.9 Å². The van der Waals surface area contributed by atoms with Crippen LogP contribution in [-0.4, -0.2) is 23.3 Å². The van der Waals surface area contributed by atoms with Crippen LogP contribution >= 0.6 is 11.6 Å². The minimum atomic E-state index is 0.370. The molecule has 0 fully saturated rings. The maximum absolute atomic E-state index is 5.87. The zero-order valence-corrected chi connectivity index (χ0v) is 7.89. The maximum atomic E-state index is 5.87. The van der Waals surface area contributed by atoms with Gasteiger partial charge in [-0.3, -0.25) is 0 Å². The lowest BCUT2D eigenvalue weighted by atomic mass is 10.2. The van der Waals surface area contributed by atoms with Crippen LogP contribution in [0.1, 0.15) is 20.3 Å². The summed E-state index contributed by atoms with van der Waals surface area (Å²) in [6.45, 7) is 4.18. The van der Waals surface area contributed by atoms with Crippen molar-refractivity contribution in [3.05, 3.63) is 11.8 Å². The van der Waals surface area contributed by atoms with E-state index in [4.69, 9.17) is 11.6 Å². The number of likely N-dealkylation sites (N-methyl/N-ethyl adjacent to an activating group) is 1. The fourth-order valence-electron chi connectivity index (χ4n) is 0.990. The monoisotopic (exact) mass is 172 g/mol. The summed E-state index contributed by atoms with van der Waals surface area (Å²) in [5.41, 5.74) is 1.08. The Bertz CT molecular complexity index is 208. The van der Waals surface area contributed by atoms with Crippen molar-refractivity contribution in [2.75, 3.05) is 7.05 Å². The van der Waals surface area contributed by atoms with Gasteiger partial charge in [0.05, 0.1) is 0 Å². The number of rotatable bonds is 1. The number of aliphatic imine (C=N–C) groups is 1. The second-order valence-electron chi connectivity index (χ2n) is 2.74. The lowest BCUT2D eigenvalue weighted by Gasteiger charge is -2.26. The summed E-state index contributed by atoms with van der Waals surface area (Å²) in [5, 5.41) is 0.594. The molecule has 1 rings (SSSR count). The van der Waals surface area contributed by atoms with Crippen molar-refractivity contribution >= 4 is 16.9 Å². The fourth-order valence-corrected chi connectivity index (χ4v) is 1.25. The van der Waals surface area contributed by atoms with Crippen LogP contribution in [0.2, 0.25) is 0 Å². The van der Waals surface area contributed by atoms with Gasteiger partial charge in [-0.1, -0.05) is 6.92 Å². The molecule has 0 saturated heterocycles. The summed E-state index contributed by atoms with van der Waals surface area (Å²) in [4.78, 5) is 6.15. The molecule has 2 nitrogen and oxygen atoms in total. The van der Waals surface area contributed by atoms with Crippen LogP contribution in [0.15, 0.2) is 16.8 Å². The van der Waals surface area contributed by atoms with Crippen molar-refractivity contribution in [3.63, 3.8) is 0 Å². The van der Waals surface area contributed by atoms with Gasteiger partial charge in [0.25, 0.3) is 0 Å². The number of hydrogen-bond donors (Lipinski definition) is 0. The van der Waals surface area contributed by atoms with E-state index < -0.39 is 0 Å². The van der Waals surface area contributed by atoms with Gasteiger partial charge in [0, 0.05) is 18.8 Å². The topological polar surface area (TPSA) is 15.6 Å². The first-order chi connectivity index (χ1) is 5.15. The average molecular weight is 173 g/mol. The number of hydrogen-bond acceptors (Lipinski definition) is 2. The average Bonchev–Trinajstić information content (AvgIpc) is 1.99. The van der Waals surface area contributed by atoms with Gasteiger partial charge >= 0.3 is 0 Å². The van der Waals surface area contributed by atoms with Crippen molar-refractivity contribution in [2.45, 2.75) is 26.3 Å². The maximum Gasteiger partial charge on any atom is 0.198 e. The van der Waals surface area contributed by atoms with E-state index in [1.807, 2.05) is 11.9 Å². The molecule has 11 heavy (non-hydrogen) atoms. The van der Waals surface area contributed by atoms with Gasteiger partial charge < -0.3 is 4.90 Å². The molecule has 0 aromatic carbocycles. The van der Waals surface area contributed by atoms with Crippen LogP contribution in [-0.2, 0) is 0 Å². The molecule has 0 saturated carbocycles. The highest BCUT2D eigenvalue weighted by Crippen LogP contribution is 2.16. The SMILES string of the molecule is CCC1=CC(C)N(C)C(Cl)=N1. The molecule has 1 aliphatic heterocycles. The van der Waals surface area contributed by atoms with Crippen LogP contribution in [0.4, 0.5) is 0 Å². The lowest BCUT2D eigenvalue weighted by Crippen LogP contribution is -2.33. The standard InChI is InChI=1S/C8H13ClN2/c1-4-7-5-6(2)11(3)8(9)10-7/h5-6H,4H2,1-3H3. The first-order valence-electron chi connectivity index (χ1n) is 3.83. The van der Waals surface area contributed by atoms with Crippen molar-refractivity contribution < 1.29 is 0 Å². The Kier molecular flexibility index (Phi) is 2.55. The molecule has 1 heterocycles. The molecule has 0 N–H and O–H groups in total. The molecule has 0 radical (unpaired) electrons. The highest BCUT2D eigenvalue weighted by atomic mass is 35.5. The highest BCUT2D eigenvalue weighted by Gasteiger charge is 2.15. The first kappa shape index (κ1) is 8.60. The van der Waals surface area contributed by atoms with E-state index in [-0.39, 0.29) is 0 Å². The van der Waals surface area contributed by atoms with Gasteiger partial charge in [-0.05, 0) is 31.0 Å². The van der Waals surface area contributed by atoms with E-state index >= 15 is 0 Å². The second kappa shape index (κ2) is 3.26. The lowest BCUT2D eigenvalue weighted by molar-refractivity contribution is 0.449. The van der Waals surface area contributed by atoms with Gasteiger partial charge in [-0.2, -0.15) is 0 Å². The number of allylic oxidation sites excluding steroid dienone is 1. The summed E-state index contributed by atoms with van der Waals surface area (Å²) in [6.07, 6.45) is 3.08. The van der Waals surface area contributed by atoms with Gasteiger partial charge in [-0.25, -0.2) is 4.99 Å². The predicted molar refractivity (Wildman–Crippen MR) is 48.9 cm³/mol. The first-order valence-corrected chi connectivity index (χ1v) is 4.20. The summed E-state index contributed by atoms with van der Waals surface area (Å²) < 4.78 is 0. The van der Waals surface area contributed by atoms with E-state index in [9.17, 15) is 0 Å². The molecule has 1 atom stereocenters. The number of amidine groups is 1. The molecule has 62 valence electrons. The van der Waals surface area contributed by atoms with E-state index in [1.165, 1.54) is 0 Å². The third kappa shape index (κ3) is 1.74. The molecule has 1 aliphatic rings. The third-order valence-electron chi connectivity index (χ3n) is 1.93. The number of nitrogens with zero attached hydrogens (tertiary/aromatic N) is 2. The van der Waals surface area contributed by atoms with Gasteiger partial charge in [0.1, 0.15) is 0 Å². The van der Waals surface area contributed by atoms with Crippen LogP contribution in [0.25, 0.3) is 0 Å². The molecule has 0 aromatic heterocycles. The molecule has 0 spiro atoms. The molecule has 0 amide bonds. The highest BCUT2D eigenvalue weighted by molar-refractivity contribution is 6.64. The Morgan fingerprint density at radius 2 is 2.36 bits per heavy atom. The van der Waals surface area contributed by atoms with Gasteiger partial charge in [0.15, 0.2) is 5.29 Å². The van der Waals surface area contributed by atoms with Crippen LogP contribution in [0, 0.1) is 0 Å². The van der Waals surface area contributed by atoms with Crippen LogP contribution in [0.3, 0.4) is 0 Å². The van der Waals surface area contributed by atoms with Crippen LogP contribution in [0.5, 0.6) is 0 Å². The second-order valence-corrected chi connectivity index (χ2v) is 3.08. The Hall–Kier alpha value is -0.500. The van der Waals surface area contributed by atoms with Gasteiger partial charge in [0.2, 0.25) is 0 Å². The summed E-state index contributed by atoms with van der Waals surface area (Å²) in [6, 6.07) is 0.370. The molecular formula is C8H13ClN2. The molecule has 3 heteroatoms.